The molecule has 0 bridgehead atoms. The van der Waals surface area contributed by atoms with E-state index in [4.69, 9.17) is 28.4 Å². The summed E-state index contributed by atoms with van der Waals surface area (Å²) in [6.07, 6.45) is 1.41. The molecule has 0 radical (unpaired) electrons. The molecule has 1 heterocycles. The molecule has 1 aliphatic carbocycles. The summed E-state index contributed by atoms with van der Waals surface area (Å²) in [5.41, 5.74) is 3.04. The van der Waals surface area contributed by atoms with Crippen molar-refractivity contribution < 1.29 is 38.3 Å². The fourth-order valence-corrected chi connectivity index (χ4v) is 4.83. The number of aliphatic hydroxyl groups is 1. The number of benzene rings is 3. The number of rotatable bonds is 10. The van der Waals surface area contributed by atoms with Crippen LogP contribution in [-0.4, -0.2) is 44.8 Å². The fourth-order valence-electron chi connectivity index (χ4n) is 4.83. The molecule has 2 atom stereocenters. The third kappa shape index (κ3) is 5.15. The van der Waals surface area contributed by atoms with Crippen molar-refractivity contribution in [3.8, 4) is 34.5 Å². The highest BCUT2D eigenvalue weighted by atomic mass is 16.7. The molecule has 194 valence electrons. The van der Waals surface area contributed by atoms with Gasteiger partial charge in [-0.1, -0.05) is 19.1 Å². The van der Waals surface area contributed by atoms with Crippen LogP contribution in [0.25, 0.3) is 0 Å². The van der Waals surface area contributed by atoms with Crippen LogP contribution in [0, 0.1) is 5.92 Å². The largest absolute Gasteiger partial charge is 0.497 e. The zero-order chi connectivity index (χ0) is 25.8. The molecule has 0 aromatic heterocycles. The highest BCUT2D eigenvalue weighted by Crippen LogP contribution is 2.47. The summed E-state index contributed by atoms with van der Waals surface area (Å²) in [6.45, 7) is 2.76. The predicted molar refractivity (Wildman–Crippen MR) is 135 cm³/mol. The molecular formula is C29H30O8. The molecule has 3 aromatic carbocycles. The first-order valence-corrected chi connectivity index (χ1v) is 12.4. The Hall–Kier alpha value is -3.91. The lowest BCUT2D eigenvalue weighted by molar-refractivity contribution is -0.139. The van der Waals surface area contributed by atoms with Crippen molar-refractivity contribution in [2.24, 2.45) is 5.92 Å². The summed E-state index contributed by atoms with van der Waals surface area (Å²) in [7, 11) is 1.54. The molecule has 0 fully saturated rings. The van der Waals surface area contributed by atoms with Gasteiger partial charge in [0, 0.05) is 12.0 Å². The van der Waals surface area contributed by atoms with Crippen molar-refractivity contribution in [3.63, 3.8) is 0 Å². The molecule has 0 saturated carbocycles. The molecule has 0 spiro atoms. The summed E-state index contributed by atoms with van der Waals surface area (Å²) in [4.78, 5) is 13.7. The lowest BCUT2D eigenvalue weighted by Gasteiger charge is -2.21. The molecule has 0 amide bonds. The zero-order valence-corrected chi connectivity index (χ0v) is 20.9. The van der Waals surface area contributed by atoms with Crippen molar-refractivity contribution in [1.82, 2.24) is 0 Å². The number of hydrogen-bond acceptors (Lipinski definition) is 8. The van der Waals surface area contributed by atoms with Gasteiger partial charge in [0.05, 0.1) is 26.2 Å². The molecule has 0 saturated heterocycles. The Bertz CT molecular complexity index is 1270. The maximum atomic E-state index is 13.7. The maximum Gasteiger partial charge on any atom is 0.315 e. The van der Waals surface area contributed by atoms with E-state index in [1.807, 2.05) is 36.4 Å². The van der Waals surface area contributed by atoms with Crippen molar-refractivity contribution in [3.05, 3.63) is 71.3 Å². The second kappa shape index (κ2) is 11.0. The predicted octanol–water partition coefficient (Wildman–Crippen LogP) is 4.49. The van der Waals surface area contributed by atoms with E-state index in [9.17, 15) is 9.90 Å². The molecule has 2 unspecified atom stereocenters. The molecule has 1 N–H and O–H groups in total. The van der Waals surface area contributed by atoms with Crippen LogP contribution in [-0.2, 0) is 11.2 Å². The molecule has 3 aromatic rings. The molecular weight excluding hydrogens is 476 g/mol. The van der Waals surface area contributed by atoms with Crippen molar-refractivity contribution >= 4 is 5.97 Å². The van der Waals surface area contributed by atoms with Crippen LogP contribution >= 0.6 is 0 Å². The van der Waals surface area contributed by atoms with Crippen LogP contribution in [0.2, 0.25) is 0 Å². The van der Waals surface area contributed by atoms with Gasteiger partial charge in [0.1, 0.15) is 18.1 Å². The lowest BCUT2D eigenvalue weighted by Crippen LogP contribution is -2.25. The van der Waals surface area contributed by atoms with Gasteiger partial charge in [-0.25, -0.2) is 0 Å². The maximum absolute atomic E-state index is 13.7. The van der Waals surface area contributed by atoms with Gasteiger partial charge < -0.3 is 33.5 Å². The van der Waals surface area contributed by atoms with E-state index in [1.54, 1.807) is 25.3 Å². The molecule has 1 aliphatic heterocycles. The van der Waals surface area contributed by atoms with Crippen molar-refractivity contribution in [2.75, 3.05) is 33.7 Å². The van der Waals surface area contributed by atoms with Gasteiger partial charge in [0.25, 0.3) is 0 Å². The van der Waals surface area contributed by atoms with E-state index < -0.39 is 5.92 Å². The van der Waals surface area contributed by atoms with Gasteiger partial charge in [-0.15, -0.1) is 0 Å². The van der Waals surface area contributed by atoms with Gasteiger partial charge in [-0.05, 0) is 65.9 Å². The summed E-state index contributed by atoms with van der Waals surface area (Å²) in [5.74, 6) is 2.19. The summed E-state index contributed by atoms with van der Waals surface area (Å²) in [5, 5.41) is 9.21. The third-order valence-electron chi connectivity index (χ3n) is 6.53. The minimum absolute atomic E-state index is 0.0624. The molecule has 8 nitrogen and oxygen atoms in total. The smallest absolute Gasteiger partial charge is 0.315 e. The van der Waals surface area contributed by atoms with Crippen LogP contribution in [0.3, 0.4) is 0 Å². The molecule has 37 heavy (non-hydrogen) atoms. The second-order valence-corrected chi connectivity index (χ2v) is 8.92. The van der Waals surface area contributed by atoms with Crippen LogP contribution in [0.4, 0.5) is 0 Å². The summed E-state index contributed by atoms with van der Waals surface area (Å²) < 4.78 is 33.7. The monoisotopic (exact) mass is 506 g/mol. The Morgan fingerprint density at radius 3 is 2.59 bits per heavy atom. The molecule has 8 heteroatoms. The molecule has 2 aliphatic rings. The average molecular weight is 507 g/mol. The Morgan fingerprint density at radius 2 is 1.78 bits per heavy atom. The number of carbonyl (C=O) groups is 1. The number of hydrogen-bond donors (Lipinski definition) is 1. The first kappa shape index (κ1) is 24.8. The van der Waals surface area contributed by atoms with Crippen LogP contribution in [0.1, 0.15) is 36.0 Å². The number of ether oxygens (including phenoxy) is 6. The Kier molecular flexibility index (Phi) is 7.37. The van der Waals surface area contributed by atoms with Gasteiger partial charge in [0.2, 0.25) is 6.79 Å². The highest BCUT2D eigenvalue weighted by Gasteiger charge is 2.40. The first-order valence-electron chi connectivity index (χ1n) is 12.4. The number of esters is 1. The van der Waals surface area contributed by atoms with Crippen LogP contribution in [0.15, 0.2) is 54.6 Å². The second-order valence-electron chi connectivity index (χ2n) is 8.92. The molecule has 5 rings (SSSR count). The topological polar surface area (TPSA) is 92.7 Å². The Balaban J connectivity index is 1.47. The van der Waals surface area contributed by atoms with E-state index in [-0.39, 0.29) is 37.6 Å². The Morgan fingerprint density at radius 1 is 0.946 bits per heavy atom. The van der Waals surface area contributed by atoms with Crippen LogP contribution < -0.4 is 28.4 Å². The standard InChI is InChI=1S/C29H30O8/c1-3-11-33-21-5-7-22-19(13-21)14-23(28(22)18-4-8-24-26(15-18)36-17-35-24)29(31)37-25-9-6-20(32-2)16-27(25)34-12-10-30/h4-9,13,15-16,23,28,30H,3,10-12,14,17H2,1-2H3. The highest BCUT2D eigenvalue weighted by molar-refractivity contribution is 5.80. The number of carbonyl (C=O) groups excluding carboxylic acids is 1. The van der Waals surface area contributed by atoms with E-state index in [0.29, 0.717) is 36.0 Å². The average Bonchev–Trinajstić information content (AvgIpc) is 3.55. The van der Waals surface area contributed by atoms with Crippen molar-refractivity contribution in [1.29, 1.82) is 0 Å². The van der Waals surface area contributed by atoms with Gasteiger partial charge in [-0.3, -0.25) is 4.79 Å². The van der Waals surface area contributed by atoms with E-state index in [1.165, 1.54) is 0 Å². The van der Waals surface area contributed by atoms with Gasteiger partial charge >= 0.3 is 5.97 Å². The summed E-state index contributed by atoms with van der Waals surface area (Å²) in [6, 6.07) is 16.8. The minimum Gasteiger partial charge on any atom is -0.497 e. The SMILES string of the molecule is CCCOc1ccc2c(c1)CC(C(=O)Oc1ccc(OC)cc1OCCO)C2c1ccc2c(c1)OCO2. The summed E-state index contributed by atoms with van der Waals surface area (Å²) >= 11 is 0. The lowest BCUT2D eigenvalue weighted by atomic mass is 9.85. The quantitative estimate of drug-likeness (QED) is 0.318. The Labute approximate surface area is 215 Å². The van der Waals surface area contributed by atoms with Gasteiger partial charge in [-0.2, -0.15) is 0 Å². The van der Waals surface area contributed by atoms with E-state index >= 15 is 0 Å². The number of methoxy groups -OCH3 is 1. The zero-order valence-electron chi connectivity index (χ0n) is 20.9. The third-order valence-corrected chi connectivity index (χ3v) is 6.53. The van der Waals surface area contributed by atoms with E-state index in [2.05, 4.69) is 6.92 Å². The van der Waals surface area contributed by atoms with Crippen LogP contribution in [0.5, 0.6) is 34.5 Å². The van der Waals surface area contributed by atoms with Gasteiger partial charge in [0.15, 0.2) is 23.0 Å². The fraction of sp³-hybridized carbons (Fsp3) is 0.345. The number of aliphatic hydroxyl groups excluding tert-OH is 1. The number of fused-ring (bicyclic) bond motifs is 2. The van der Waals surface area contributed by atoms with E-state index in [0.717, 1.165) is 28.9 Å². The minimum atomic E-state index is -0.482. The van der Waals surface area contributed by atoms with Crippen molar-refractivity contribution in [2.45, 2.75) is 25.7 Å². The normalized spacial score (nSPS) is 17.3. The first-order chi connectivity index (χ1) is 18.1.